The minimum atomic E-state index is -0.662. The van der Waals surface area contributed by atoms with Crippen LogP contribution >= 0.6 is 0 Å². The molecule has 2 N–H and O–H groups in total. The van der Waals surface area contributed by atoms with Gasteiger partial charge in [0.2, 0.25) is 0 Å². The highest BCUT2D eigenvalue weighted by molar-refractivity contribution is 5.71. The van der Waals surface area contributed by atoms with E-state index in [1.54, 1.807) is 0 Å². The molecule has 3 atom stereocenters. The van der Waals surface area contributed by atoms with Crippen LogP contribution in [0.15, 0.2) is 0 Å². The van der Waals surface area contributed by atoms with Crippen molar-refractivity contribution < 1.29 is 9.90 Å². The van der Waals surface area contributed by atoms with Gasteiger partial charge in [0.1, 0.15) is 0 Å². The van der Waals surface area contributed by atoms with Gasteiger partial charge in [-0.15, -0.1) is 0 Å². The van der Waals surface area contributed by atoms with Crippen LogP contribution in [0.4, 0.5) is 0 Å². The summed E-state index contributed by atoms with van der Waals surface area (Å²) < 4.78 is 0. The van der Waals surface area contributed by atoms with Gasteiger partial charge in [0.25, 0.3) is 0 Å². The quantitative estimate of drug-likeness (QED) is 0.682. The van der Waals surface area contributed by atoms with Crippen molar-refractivity contribution in [3.63, 3.8) is 0 Å². The van der Waals surface area contributed by atoms with E-state index >= 15 is 0 Å². The van der Waals surface area contributed by atoms with E-state index in [9.17, 15) is 4.79 Å². The number of carboxylic acids is 1. The first-order chi connectivity index (χ1) is 6.02. The zero-order valence-electron chi connectivity index (χ0n) is 8.58. The summed E-state index contributed by atoms with van der Waals surface area (Å²) in [6.45, 7) is 7.22. The van der Waals surface area contributed by atoms with Crippen molar-refractivity contribution in [2.24, 2.45) is 17.8 Å². The third kappa shape index (κ3) is 2.44. The van der Waals surface area contributed by atoms with Crippen LogP contribution in [0.3, 0.4) is 0 Å². The van der Waals surface area contributed by atoms with E-state index in [0.29, 0.717) is 11.8 Å². The summed E-state index contributed by atoms with van der Waals surface area (Å²) in [7, 11) is 0. The summed E-state index contributed by atoms with van der Waals surface area (Å²) in [5.74, 6) is 0.214. The lowest BCUT2D eigenvalue weighted by Crippen LogP contribution is -2.47. The highest BCUT2D eigenvalue weighted by atomic mass is 16.4. The number of carboxylic acid groups (broad SMARTS) is 1. The summed E-state index contributed by atoms with van der Waals surface area (Å²) >= 11 is 0. The summed E-state index contributed by atoms with van der Waals surface area (Å²) in [4.78, 5) is 10.9. The van der Waals surface area contributed by atoms with Gasteiger partial charge in [-0.2, -0.15) is 0 Å². The molecule has 3 unspecified atom stereocenters. The second kappa shape index (κ2) is 4.09. The first kappa shape index (κ1) is 10.5. The molecular formula is C10H19NO2. The molecule has 13 heavy (non-hydrogen) atoms. The Labute approximate surface area is 79.5 Å². The maximum Gasteiger partial charge on any atom is 0.308 e. The maximum atomic E-state index is 10.9. The molecule has 1 aliphatic rings. The van der Waals surface area contributed by atoms with E-state index < -0.39 is 5.97 Å². The summed E-state index contributed by atoms with van der Waals surface area (Å²) in [6.07, 6.45) is 0.821. The highest BCUT2D eigenvalue weighted by Gasteiger charge is 2.33. The van der Waals surface area contributed by atoms with Crippen molar-refractivity contribution in [2.45, 2.75) is 33.2 Å². The molecule has 0 aromatic rings. The number of rotatable bonds is 2. The van der Waals surface area contributed by atoms with Crippen molar-refractivity contribution in [3.8, 4) is 0 Å². The SMILES string of the molecule is CC(C)C1CNC(C)C(C(=O)O)C1. The second-order valence-corrected chi connectivity index (χ2v) is 4.38. The van der Waals surface area contributed by atoms with Gasteiger partial charge >= 0.3 is 5.97 Å². The Hall–Kier alpha value is -0.570. The van der Waals surface area contributed by atoms with Gasteiger partial charge in [0, 0.05) is 6.04 Å². The molecule has 0 spiro atoms. The van der Waals surface area contributed by atoms with Gasteiger partial charge in [-0.25, -0.2) is 0 Å². The van der Waals surface area contributed by atoms with Crippen LogP contribution in [0.25, 0.3) is 0 Å². The third-order valence-corrected chi connectivity index (χ3v) is 3.12. The van der Waals surface area contributed by atoms with Crippen molar-refractivity contribution in [3.05, 3.63) is 0 Å². The summed E-state index contributed by atoms with van der Waals surface area (Å²) in [5, 5.41) is 12.2. The van der Waals surface area contributed by atoms with Crippen LogP contribution in [0.1, 0.15) is 27.2 Å². The fourth-order valence-corrected chi connectivity index (χ4v) is 1.92. The number of carbonyl (C=O) groups is 1. The summed E-state index contributed by atoms with van der Waals surface area (Å²) in [6, 6.07) is 0.118. The topological polar surface area (TPSA) is 49.3 Å². The molecule has 0 aromatic heterocycles. The first-order valence-corrected chi connectivity index (χ1v) is 4.98. The Morgan fingerprint density at radius 3 is 2.62 bits per heavy atom. The molecule has 0 amide bonds. The monoisotopic (exact) mass is 185 g/mol. The molecule has 76 valence electrons. The Bertz CT molecular complexity index is 191. The lowest BCUT2D eigenvalue weighted by atomic mass is 9.80. The smallest absolute Gasteiger partial charge is 0.308 e. The van der Waals surface area contributed by atoms with Crippen LogP contribution < -0.4 is 5.32 Å². The molecule has 0 aromatic carbocycles. The minimum Gasteiger partial charge on any atom is -0.481 e. The zero-order valence-corrected chi connectivity index (χ0v) is 8.58. The molecular weight excluding hydrogens is 166 g/mol. The minimum absolute atomic E-state index is 0.118. The van der Waals surface area contributed by atoms with Crippen LogP contribution in [-0.2, 0) is 4.79 Å². The molecule has 1 heterocycles. The maximum absolute atomic E-state index is 10.9. The lowest BCUT2D eigenvalue weighted by molar-refractivity contribution is -0.144. The molecule has 0 saturated carbocycles. The van der Waals surface area contributed by atoms with E-state index in [2.05, 4.69) is 19.2 Å². The van der Waals surface area contributed by atoms with E-state index in [1.165, 1.54) is 0 Å². The molecule has 0 radical (unpaired) electrons. The van der Waals surface area contributed by atoms with E-state index in [-0.39, 0.29) is 12.0 Å². The van der Waals surface area contributed by atoms with Crippen molar-refractivity contribution in [1.82, 2.24) is 5.32 Å². The van der Waals surface area contributed by atoms with Crippen LogP contribution in [-0.4, -0.2) is 23.7 Å². The van der Waals surface area contributed by atoms with Gasteiger partial charge in [0.05, 0.1) is 5.92 Å². The molecule has 1 fully saturated rings. The molecule has 1 aliphatic heterocycles. The molecule has 0 aliphatic carbocycles. The van der Waals surface area contributed by atoms with Crippen molar-refractivity contribution in [2.75, 3.05) is 6.54 Å². The Balaban J connectivity index is 2.58. The van der Waals surface area contributed by atoms with E-state index in [0.717, 1.165) is 13.0 Å². The van der Waals surface area contributed by atoms with E-state index in [1.807, 2.05) is 6.92 Å². The van der Waals surface area contributed by atoms with Gasteiger partial charge in [0.15, 0.2) is 0 Å². The number of hydrogen-bond acceptors (Lipinski definition) is 2. The molecule has 3 heteroatoms. The lowest BCUT2D eigenvalue weighted by Gasteiger charge is -2.34. The largest absolute Gasteiger partial charge is 0.481 e. The van der Waals surface area contributed by atoms with Gasteiger partial charge < -0.3 is 10.4 Å². The standard InChI is InChI=1S/C10H19NO2/c1-6(2)8-4-9(10(12)13)7(3)11-5-8/h6-9,11H,4-5H2,1-3H3,(H,12,13). The van der Waals surface area contributed by atoms with Gasteiger partial charge in [-0.05, 0) is 31.7 Å². The summed E-state index contributed by atoms with van der Waals surface area (Å²) in [5.41, 5.74) is 0. The molecule has 1 saturated heterocycles. The first-order valence-electron chi connectivity index (χ1n) is 4.98. The predicted molar refractivity (Wildman–Crippen MR) is 51.5 cm³/mol. The van der Waals surface area contributed by atoms with Crippen LogP contribution in [0, 0.1) is 17.8 Å². The predicted octanol–water partition coefficient (Wildman–Crippen LogP) is 1.34. The fraction of sp³-hybridized carbons (Fsp3) is 0.900. The Morgan fingerprint density at radius 2 is 2.15 bits per heavy atom. The molecule has 1 rings (SSSR count). The van der Waals surface area contributed by atoms with Gasteiger partial charge in [-0.3, -0.25) is 4.79 Å². The number of piperidine rings is 1. The zero-order chi connectivity index (χ0) is 10.0. The van der Waals surface area contributed by atoms with Gasteiger partial charge in [-0.1, -0.05) is 13.8 Å². The average Bonchev–Trinajstić information content (AvgIpc) is 2.04. The normalized spacial score (nSPS) is 34.9. The number of hydrogen-bond donors (Lipinski definition) is 2. The average molecular weight is 185 g/mol. The number of aliphatic carboxylic acids is 1. The Morgan fingerprint density at radius 1 is 1.54 bits per heavy atom. The van der Waals surface area contributed by atoms with Crippen molar-refractivity contribution >= 4 is 5.97 Å². The number of nitrogens with one attached hydrogen (secondary N) is 1. The molecule has 3 nitrogen and oxygen atoms in total. The highest BCUT2D eigenvalue weighted by Crippen LogP contribution is 2.26. The van der Waals surface area contributed by atoms with Crippen LogP contribution in [0.5, 0.6) is 0 Å². The van der Waals surface area contributed by atoms with Crippen LogP contribution in [0.2, 0.25) is 0 Å². The van der Waals surface area contributed by atoms with Crippen molar-refractivity contribution in [1.29, 1.82) is 0 Å². The molecule has 0 bridgehead atoms. The van der Waals surface area contributed by atoms with E-state index in [4.69, 9.17) is 5.11 Å². The Kier molecular flexibility index (Phi) is 3.31. The third-order valence-electron chi connectivity index (χ3n) is 3.12. The second-order valence-electron chi connectivity index (χ2n) is 4.38. The fourth-order valence-electron chi connectivity index (χ4n) is 1.92.